The van der Waals surface area contributed by atoms with E-state index >= 15 is 0 Å². The minimum Gasteiger partial charge on any atom is -0.421 e. The van der Waals surface area contributed by atoms with Crippen LogP contribution in [0.4, 0.5) is 0 Å². The first-order chi connectivity index (χ1) is 12.7. The van der Waals surface area contributed by atoms with Crippen LogP contribution in [0, 0.1) is 0 Å². The lowest BCUT2D eigenvalue weighted by Gasteiger charge is -2.28. The Labute approximate surface area is 151 Å². The van der Waals surface area contributed by atoms with E-state index in [1.807, 2.05) is 36.3 Å². The molecule has 1 fully saturated rings. The summed E-state index contributed by atoms with van der Waals surface area (Å²) < 4.78 is 15.7. The van der Waals surface area contributed by atoms with Crippen LogP contribution in [0.3, 0.4) is 0 Å². The highest BCUT2D eigenvalue weighted by Crippen LogP contribution is 2.40. The Kier molecular flexibility index (Phi) is 4.66. The molecule has 0 saturated carbocycles. The van der Waals surface area contributed by atoms with E-state index in [-0.39, 0.29) is 12.0 Å². The van der Waals surface area contributed by atoms with Gasteiger partial charge in [0.1, 0.15) is 5.82 Å². The molecule has 1 saturated heterocycles. The Morgan fingerprint density at radius 1 is 1.31 bits per heavy atom. The monoisotopic (exact) mass is 354 g/mol. The summed E-state index contributed by atoms with van der Waals surface area (Å²) in [6.45, 7) is 3.67. The second kappa shape index (κ2) is 7.25. The van der Waals surface area contributed by atoms with Gasteiger partial charge in [-0.05, 0) is 25.8 Å². The average Bonchev–Trinajstić information content (AvgIpc) is 3.40. The topological polar surface area (TPSA) is 83.8 Å². The molecule has 1 aliphatic heterocycles. The van der Waals surface area contributed by atoms with Gasteiger partial charge in [-0.3, -0.25) is 4.68 Å². The largest absolute Gasteiger partial charge is 0.421 e. The first-order valence-corrected chi connectivity index (χ1v) is 8.87. The summed E-state index contributed by atoms with van der Waals surface area (Å²) in [6, 6.07) is 0. The van der Waals surface area contributed by atoms with Crippen LogP contribution in [0.5, 0.6) is 0 Å². The highest BCUT2D eigenvalue weighted by Gasteiger charge is 2.33. The lowest BCUT2D eigenvalue weighted by molar-refractivity contribution is -0.00908. The van der Waals surface area contributed by atoms with E-state index in [4.69, 9.17) is 9.15 Å². The van der Waals surface area contributed by atoms with Crippen molar-refractivity contribution in [1.29, 1.82) is 0 Å². The van der Waals surface area contributed by atoms with E-state index in [9.17, 15) is 0 Å². The Hall–Kier alpha value is -2.74. The molecule has 2 atom stereocenters. The molecular formula is C18H22N6O2. The van der Waals surface area contributed by atoms with Crippen LogP contribution in [-0.4, -0.2) is 36.1 Å². The predicted octanol–water partition coefficient (Wildman–Crippen LogP) is 2.83. The first kappa shape index (κ1) is 16.7. The van der Waals surface area contributed by atoms with Gasteiger partial charge in [-0.1, -0.05) is 0 Å². The zero-order valence-corrected chi connectivity index (χ0v) is 14.9. The second-order valence-electron chi connectivity index (χ2n) is 6.37. The van der Waals surface area contributed by atoms with Crippen LogP contribution in [0.15, 0.2) is 29.2 Å². The quantitative estimate of drug-likeness (QED) is 0.700. The van der Waals surface area contributed by atoms with Gasteiger partial charge in [-0.2, -0.15) is 5.10 Å². The highest BCUT2D eigenvalue weighted by atomic mass is 16.5. The van der Waals surface area contributed by atoms with E-state index in [0.29, 0.717) is 11.8 Å². The first-order valence-electron chi connectivity index (χ1n) is 8.87. The number of hydrogen-bond acceptors (Lipinski definition) is 6. The number of hydrogen-bond donors (Lipinski definition) is 0. The van der Waals surface area contributed by atoms with Crippen molar-refractivity contribution in [2.24, 2.45) is 7.05 Å². The van der Waals surface area contributed by atoms with Crippen molar-refractivity contribution in [3.8, 4) is 0 Å². The predicted molar refractivity (Wildman–Crippen MR) is 95.0 cm³/mol. The van der Waals surface area contributed by atoms with Gasteiger partial charge in [0.05, 0.1) is 18.2 Å². The summed E-state index contributed by atoms with van der Waals surface area (Å²) in [5, 5.41) is 12.7. The maximum atomic E-state index is 5.99. The van der Waals surface area contributed by atoms with Gasteiger partial charge in [0, 0.05) is 50.4 Å². The highest BCUT2D eigenvalue weighted by molar-refractivity contribution is 5.62. The lowest BCUT2D eigenvalue weighted by Crippen LogP contribution is -2.21. The minimum absolute atomic E-state index is 0.0419. The maximum absolute atomic E-state index is 5.99. The van der Waals surface area contributed by atoms with Crippen molar-refractivity contribution in [2.45, 2.75) is 38.3 Å². The summed E-state index contributed by atoms with van der Waals surface area (Å²) in [4.78, 5) is 4.31. The molecule has 0 bridgehead atoms. The number of nitrogens with zero attached hydrogens (tertiary/aromatic N) is 6. The lowest BCUT2D eigenvalue weighted by atomic mass is 9.91. The average molecular weight is 354 g/mol. The molecule has 3 aromatic rings. The third kappa shape index (κ3) is 3.32. The molecule has 26 heavy (non-hydrogen) atoms. The maximum Gasteiger partial charge on any atom is 0.240 e. The summed E-state index contributed by atoms with van der Waals surface area (Å²) >= 11 is 0. The molecule has 0 N–H and O–H groups in total. The van der Waals surface area contributed by atoms with E-state index in [1.54, 1.807) is 17.0 Å². The molecule has 8 heteroatoms. The van der Waals surface area contributed by atoms with Crippen molar-refractivity contribution < 1.29 is 9.15 Å². The van der Waals surface area contributed by atoms with E-state index in [1.165, 1.54) is 0 Å². The number of imidazole rings is 1. The van der Waals surface area contributed by atoms with Gasteiger partial charge in [-0.25, -0.2) is 4.98 Å². The number of rotatable bonds is 5. The molecule has 0 unspecified atom stereocenters. The van der Waals surface area contributed by atoms with Crippen molar-refractivity contribution in [2.75, 3.05) is 6.61 Å². The third-order valence-electron chi connectivity index (χ3n) is 4.61. The van der Waals surface area contributed by atoms with Crippen LogP contribution < -0.4 is 0 Å². The van der Waals surface area contributed by atoms with E-state index in [0.717, 1.165) is 37.4 Å². The fourth-order valence-electron chi connectivity index (χ4n) is 3.31. The molecule has 3 aromatic heterocycles. The zero-order chi connectivity index (χ0) is 17.9. The molecular weight excluding hydrogens is 332 g/mol. The number of ether oxygens (including phenoxy) is 1. The van der Waals surface area contributed by atoms with Gasteiger partial charge in [0.15, 0.2) is 0 Å². The minimum atomic E-state index is -0.103. The molecule has 0 spiro atoms. The smallest absolute Gasteiger partial charge is 0.240 e. The normalized spacial score (nSPS) is 20.8. The fraction of sp³-hybridized carbons (Fsp3) is 0.444. The summed E-state index contributed by atoms with van der Waals surface area (Å²) in [5.41, 5.74) is 1.04. The van der Waals surface area contributed by atoms with Crippen molar-refractivity contribution in [3.63, 3.8) is 0 Å². The summed E-state index contributed by atoms with van der Waals surface area (Å²) in [5.74, 6) is 1.99. The molecule has 0 radical (unpaired) electrons. The molecule has 0 aromatic carbocycles. The number of aryl methyl sites for hydroxylation is 2. The van der Waals surface area contributed by atoms with Gasteiger partial charge < -0.3 is 13.7 Å². The van der Waals surface area contributed by atoms with Crippen LogP contribution in [0.2, 0.25) is 0 Å². The molecule has 8 nitrogen and oxygen atoms in total. The van der Waals surface area contributed by atoms with E-state index < -0.39 is 0 Å². The fourth-order valence-corrected chi connectivity index (χ4v) is 3.31. The SMILES string of the molecule is CCn1ccnc1/C=C/c1nnc([C@@H]2CCCO[C@H]2c2cnn(C)c2)o1. The van der Waals surface area contributed by atoms with Crippen LogP contribution in [0.1, 0.15) is 55.0 Å². The van der Waals surface area contributed by atoms with E-state index in [2.05, 4.69) is 27.2 Å². The molecule has 1 aliphatic rings. The summed E-state index contributed by atoms with van der Waals surface area (Å²) in [6.07, 6.45) is 13.0. The molecule has 4 rings (SSSR count). The van der Waals surface area contributed by atoms with Gasteiger partial charge >= 0.3 is 0 Å². The zero-order valence-electron chi connectivity index (χ0n) is 14.9. The van der Waals surface area contributed by atoms with Crippen molar-refractivity contribution in [3.05, 3.63) is 48.0 Å². The van der Waals surface area contributed by atoms with Crippen LogP contribution in [0.25, 0.3) is 12.2 Å². The van der Waals surface area contributed by atoms with Crippen LogP contribution in [-0.2, 0) is 18.3 Å². The Morgan fingerprint density at radius 2 is 2.23 bits per heavy atom. The standard InChI is InChI=1S/C18H22N6O2/c1-3-24-9-8-19-15(24)6-7-16-21-22-18(26-16)14-5-4-10-25-17(14)13-11-20-23(2)12-13/h6-9,11-12,14,17H,3-5,10H2,1-2H3/b7-6+/t14-,17+/m1/s1. The summed E-state index contributed by atoms with van der Waals surface area (Å²) in [7, 11) is 1.90. The Balaban J connectivity index is 1.54. The molecule has 0 amide bonds. The number of aromatic nitrogens is 6. The molecule has 4 heterocycles. The van der Waals surface area contributed by atoms with Crippen molar-refractivity contribution in [1.82, 2.24) is 29.5 Å². The Bertz CT molecular complexity index is 893. The Morgan fingerprint density at radius 3 is 3.04 bits per heavy atom. The van der Waals surface area contributed by atoms with Gasteiger partial charge in [0.25, 0.3) is 0 Å². The molecule has 0 aliphatic carbocycles. The molecule has 136 valence electrons. The van der Waals surface area contributed by atoms with Gasteiger partial charge in [-0.15, -0.1) is 10.2 Å². The third-order valence-corrected chi connectivity index (χ3v) is 4.61. The van der Waals surface area contributed by atoms with Crippen LogP contribution >= 0.6 is 0 Å². The van der Waals surface area contributed by atoms with Gasteiger partial charge in [0.2, 0.25) is 11.8 Å². The van der Waals surface area contributed by atoms with Crippen molar-refractivity contribution >= 4 is 12.2 Å². The second-order valence-corrected chi connectivity index (χ2v) is 6.37.